The van der Waals surface area contributed by atoms with Crippen LogP contribution in [-0.2, 0) is 0 Å². The van der Waals surface area contributed by atoms with Crippen LogP contribution in [0.3, 0.4) is 0 Å². The van der Waals surface area contributed by atoms with Crippen molar-refractivity contribution in [3.8, 4) is 0 Å². The standard InChI is InChI=1S/C10H16N4OS/c1-10(2)3-4-14(5-10)9-6(8(12)15)7(11)13-16-9/h3-5H2,1-2H3,(H2,11,13)(H2,12,15). The maximum Gasteiger partial charge on any atom is 0.255 e. The quantitative estimate of drug-likeness (QED) is 0.809. The van der Waals surface area contributed by atoms with Gasteiger partial charge in [-0.05, 0) is 23.4 Å². The predicted molar refractivity (Wildman–Crippen MR) is 65.7 cm³/mol. The summed E-state index contributed by atoms with van der Waals surface area (Å²) in [5.74, 6) is -0.247. The number of amides is 1. The molecule has 0 radical (unpaired) electrons. The van der Waals surface area contributed by atoms with E-state index < -0.39 is 5.91 Å². The average Bonchev–Trinajstić information content (AvgIpc) is 2.68. The Hall–Kier alpha value is -1.30. The summed E-state index contributed by atoms with van der Waals surface area (Å²) in [6, 6.07) is 0. The monoisotopic (exact) mass is 240 g/mol. The fourth-order valence-corrected chi connectivity index (χ4v) is 2.87. The van der Waals surface area contributed by atoms with Crippen molar-refractivity contribution in [2.75, 3.05) is 23.7 Å². The molecule has 0 aromatic carbocycles. The zero-order valence-corrected chi connectivity index (χ0v) is 10.3. The number of nitrogen functional groups attached to an aromatic ring is 1. The van der Waals surface area contributed by atoms with E-state index in [-0.39, 0.29) is 11.2 Å². The second-order valence-electron chi connectivity index (χ2n) is 4.95. The van der Waals surface area contributed by atoms with Gasteiger partial charge in [-0.25, -0.2) is 0 Å². The van der Waals surface area contributed by atoms with Gasteiger partial charge in [0.2, 0.25) is 0 Å². The van der Waals surface area contributed by atoms with Crippen LogP contribution in [-0.4, -0.2) is 23.4 Å². The van der Waals surface area contributed by atoms with Crippen LogP contribution in [0.25, 0.3) is 0 Å². The molecule has 0 atom stereocenters. The Morgan fingerprint density at radius 2 is 2.25 bits per heavy atom. The highest BCUT2D eigenvalue weighted by atomic mass is 32.1. The number of carbonyl (C=O) groups excluding carboxylic acids is 1. The fourth-order valence-electron chi connectivity index (χ4n) is 2.03. The van der Waals surface area contributed by atoms with E-state index in [1.165, 1.54) is 11.5 Å². The predicted octanol–water partition coefficient (Wildman–Crippen LogP) is 1.06. The Morgan fingerprint density at radius 1 is 1.56 bits per heavy atom. The molecule has 6 heteroatoms. The van der Waals surface area contributed by atoms with Crippen molar-refractivity contribution >= 4 is 28.3 Å². The second kappa shape index (κ2) is 3.62. The summed E-state index contributed by atoms with van der Waals surface area (Å²) >= 11 is 1.25. The third kappa shape index (κ3) is 1.84. The Balaban J connectivity index is 2.32. The minimum Gasteiger partial charge on any atom is -0.382 e. The van der Waals surface area contributed by atoms with E-state index in [9.17, 15) is 4.79 Å². The first-order chi connectivity index (χ1) is 7.41. The molecular formula is C10H16N4OS. The Labute approximate surface area is 98.6 Å². The van der Waals surface area contributed by atoms with E-state index in [2.05, 4.69) is 23.1 Å². The van der Waals surface area contributed by atoms with Crippen molar-refractivity contribution in [3.63, 3.8) is 0 Å². The lowest BCUT2D eigenvalue weighted by Crippen LogP contribution is -2.25. The number of hydrogen-bond donors (Lipinski definition) is 2. The topological polar surface area (TPSA) is 85.2 Å². The van der Waals surface area contributed by atoms with E-state index in [0.717, 1.165) is 24.5 Å². The molecule has 0 aliphatic carbocycles. The van der Waals surface area contributed by atoms with Crippen LogP contribution in [0.2, 0.25) is 0 Å². The summed E-state index contributed by atoms with van der Waals surface area (Å²) in [5, 5.41) is 0.815. The molecule has 4 N–H and O–H groups in total. The Morgan fingerprint density at radius 3 is 2.75 bits per heavy atom. The largest absolute Gasteiger partial charge is 0.382 e. The molecular weight excluding hydrogens is 224 g/mol. The Kier molecular flexibility index (Phi) is 2.53. The molecule has 2 heterocycles. The number of nitrogens with two attached hydrogens (primary N) is 2. The molecule has 1 aromatic rings. The highest BCUT2D eigenvalue weighted by molar-refractivity contribution is 7.11. The smallest absolute Gasteiger partial charge is 0.255 e. The maximum absolute atomic E-state index is 11.3. The van der Waals surface area contributed by atoms with Crippen LogP contribution < -0.4 is 16.4 Å². The highest BCUT2D eigenvalue weighted by Gasteiger charge is 2.32. The van der Waals surface area contributed by atoms with E-state index >= 15 is 0 Å². The third-order valence-electron chi connectivity index (χ3n) is 2.91. The number of nitrogens with zero attached hydrogens (tertiary/aromatic N) is 2. The van der Waals surface area contributed by atoms with Crippen molar-refractivity contribution in [1.82, 2.24) is 4.37 Å². The molecule has 1 amide bonds. The molecule has 5 nitrogen and oxygen atoms in total. The van der Waals surface area contributed by atoms with Crippen molar-refractivity contribution in [2.24, 2.45) is 11.1 Å². The SMILES string of the molecule is CC1(C)CCN(c2snc(N)c2C(N)=O)C1. The van der Waals surface area contributed by atoms with Crippen molar-refractivity contribution < 1.29 is 4.79 Å². The van der Waals surface area contributed by atoms with Crippen molar-refractivity contribution in [1.29, 1.82) is 0 Å². The lowest BCUT2D eigenvalue weighted by molar-refractivity contribution is 0.100. The first kappa shape index (κ1) is 11.2. The zero-order chi connectivity index (χ0) is 11.9. The van der Waals surface area contributed by atoms with Gasteiger partial charge < -0.3 is 16.4 Å². The van der Waals surface area contributed by atoms with E-state index in [0.29, 0.717) is 5.56 Å². The Bertz CT molecular complexity index is 426. The summed E-state index contributed by atoms with van der Waals surface area (Å²) < 4.78 is 4.01. The van der Waals surface area contributed by atoms with E-state index in [1.807, 2.05) is 0 Å². The van der Waals surface area contributed by atoms with Crippen LogP contribution in [0, 0.1) is 5.41 Å². The van der Waals surface area contributed by atoms with Crippen molar-refractivity contribution in [2.45, 2.75) is 20.3 Å². The van der Waals surface area contributed by atoms with E-state index in [1.54, 1.807) is 0 Å². The zero-order valence-electron chi connectivity index (χ0n) is 9.49. The molecule has 1 aromatic heterocycles. The molecule has 0 bridgehead atoms. The fraction of sp³-hybridized carbons (Fsp3) is 0.600. The minimum atomic E-state index is -0.494. The van der Waals surface area contributed by atoms with Gasteiger partial charge in [-0.15, -0.1) is 0 Å². The average molecular weight is 240 g/mol. The number of rotatable bonds is 2. The summed E-state index contributed by atoms with van der Waals surface area (Å²) in [5.41, 5.74) is 11.6. The van der Waals surface area contributed by atoms with Crippen molar-refractivity contribution in [3.05, 3.63) is 5.56 Å². The number of hydrogen-bond acceptors (Lipinski definition) is 5. The molecule has 0 saturated carbocycles. The first-order valence-corrected chi connectivity index (χ1v) is 5.98. The van der Waals surface area contributed by atoms with E-state index in [4.69, 9.17) is 11.5 Å². The van der Waals surface area contributed by atoms with Crippen LogP contribution >= 0.6 is 11.5 Å². The van der Waals surface area contributed by atoms with Gasteiger partial charge in [0.15, 0.2) is 5.82 Å². The van der Waals surface area contributed by atoms with Gasteiger partial charge in [-0.3, -0.25) is 4.79 Å². The number of anilines is 2. The number of primary amides is 1. The molecule has 2 rings (SSSR count). The van der Waals surface area contributed by atoms with Crippen LogP contribution in [0.15, 0.2) is 0 Å². The van der Waals surface area contributed by atoms with Crippen LogP contribution in [0.1, 0.15) is 30.6 Å². The second-order valence-corrected chi connectivity index (χ2v) is 5.70. The lowest BCUT2D eigenvalue weighted by atomic mass is 9.93. The normalized spacial score (nSPS) is 19.0. The van der Waals surface area contributed by atoms with Gasteiger partial charge in [-0.1, -0.05) is 13.8 Å². The molecule has 1 saturated heterocycles. The third-order valence-corrected chi connectivity index (χ3v) is 3.83. The molecule has 1 aliphatic rings. The maximum atomic E-state index is 11.3. The minimum absolute atomic E-state index is 0.247. The van der Waals surface area contributed by atoms with Gasteiger partial charge >= 0.3 is 0 Å². The van der Waals surface area contributed by atoms with Gasteiger partial charge in [0.25, 0.3) is 5.91 Å². The molecule has 1 fully saturated rings. The molecule has 88 valence electrons. The lowest BCUT2D eigenvalue weighted by Gasteiger charge is -2.20. The number of aromatic nitrogens is 1. The van der Waals surface area contributed by atoms with Crippen LogP contribution in [0.4, 0.5) is 10.8 Å². The molecule has 0 unspecified atom stereocenters. The molecule has 0 spiro atoms. The first-order valence-electron chi connectivity index (χ1n) is 5.20. The summed E-state index contributed by atoms with van der Waals surface area (Å²) in [6.07, 6.45) is 1.10. The van der Waals surface area contributed by atoms with Gasteiger partial charge in [0.05, 0.1) is 0 Å². The van der Waals surface area contributed by atoms with Gasteiger partial charge in [0, 0.05) is 13.1 Å². The van der Waals surface area contributed by atoms with Gasteiger partial charge in [0.1, 0.15) is 10.6 Å². The highest BCUT2D eigenvalue weighted by Crippen LogP contribution is 2.37. The summed E-state index contributed by atoms with van der Waals surface area (Å²) in [6.45, 7) is 6.26. The molecule has 1 aliphatic heterocycles. The van der Waals surface area contributed by atoms with Gasteiger partial charge in [-0.2, -0.15) is 4.37 Å². The van der Waals surface area contributed by atoms with Crippen LogP contribution in [0.5, 0.6) is 0 Å². The molecule has 16 heavy (non-hydrogen) atoms. The summed E-state index contributed by atoms with van der Waals surface area (Å²) in [4.78, 5) is 13.5. The number of carbonyl (C=O) groups is 1. The summed E-state index contributed by atoms with van der Waals surface area (Å²) in [7, 11) is 0.